The molecule has 0 aliphatic rings. The second-order valence-corrected chi connectivity index (χ2v) is 5.89. The number of phenols is 1. The average Bonchev–Trinajstić information content (AvgIpc) is 2.68. The standard InChI is InChI=1S/C20H19N5O3/c1-2-28-19(27)12-7-9-13(10-8-12)23-16-11-17(26)18(24-25-20(21)22)15-6-4-3-5-14(15)16/h3-11,23,26H,2H2,1H3,(H3,21,22)/p+1. The molecule has 3 aromatic rings. The number of rotatable bonds is 5. The van der Waals surface area contributed by atoms with E-state index in [0.29, 0.717) is 23.2 Å². The average molecular weight is 378 g/mol. The SMILES string of the molecule is CCOC(=O)c1ccc(Nc2cc(O)c(N=NC(N)=[NH2+])c3ccccc23)cc1. The van der Waals surface area contributed by atoms with E-state index in [-0.39, 0.29) is 23.4 Å². The third-order valence-electron chi connectivity index (χ3n) is 3.94. The molecule has 0 heterocycles. The number of nitrogens with two attached hydrogens (primary N) is 2. The Bertz CT molecular complexity index is 1060. The molecular weight excluding hydrogens is 358 g/mol. The fraction of sp³-hybridized carbons (Fsp3) is 0.100. The Morgan fingerprint density at radius 2 is 1.86 bits per heavy atom. The van der Waals surface area contributed by atoms with Crippen molar-refractivity contribution >= 4 is 39.8 Å². The van der Waals surface area contributed by atoms with Gasteiger partial charge >= 0.3 is 11.9 Å². The molecule has 0 amide bonds. The lowest BCUT2D eigenvalue weighted by Gasteiger charge is -2.12. The first-order valence-electron chi connectivity index (χ1n) is 8.58. The van der Waals surface area contributed by atoms with E-state index in [0.717, 1.165) is 11.1 Å². The van der Waals surface area contributed by atoms with Gasteiger partial charge in [0, 0.05) is 27.6 Å². The zero-order valence-electron chi connectivity index (χ0n) is 15.2. The monoisotopic (exact) mass is 378 g/mol. The van der Waals surface area contributed by atoms with Gasteiger partial charge in [0.2, 0.25) is 0 Å². The van der Waals surface area contributed by atoms with Crippen molar-refractivity contribution in [3.8, 4) is 5.75 Å². The van der Waals surface area contributed by atoms with Gasteiger partial charge in [-0.05, 0) is 31.2 Å². The lowest BCUT2D eigenvalue weighted by atomic mass is 10.1. The van der Waals surface area contributed by atoms with Gasteiger partial charge in [0.15, 0.2) is 5.69 Å². The number of guanidine groups is 1. The molecule has 0 atom stereocenters. The van der Waals surface area contributed by atoms with Crippen LogP contribution >= 0.6 is 0 Å². The molecule has 3 rings (SSSR count). The van der Waals surface area contributed by atoms with Crippen molar-refractivity contribution in [3.05, 3.63) is 60.2 Å². The summed E-state index contributed by atoms with van der Waals surface area (Å²) in [6.07, 6.45) is 0. The zero-order chi connectivity index (χ0) is 20.1. The van der Waals surface area contributed by atoms with Crippen LogP contribution in [0, 0.1) is 0 Å². The van der Waals surface area contributed by atoms with Crippen LogP contribution in [0.25, 0.3) is 10.8 Å². The van der Waals surface area contributed by atoms with Gasteiger partial charge in [-0.3, -0.25) is 11.1 Å². The molecule has 0 radical (unpaired) electrons. The second kappa shape index (κ2) is 8.17. The van der Waals surface area contributed by atoms with Crippen LogP contribution in [0.4, 0.5) is 17.1 Å². The molecule has 8 heteroatoms. The summed E-state index contributed by atoms with van der Waals surface area (Å²) < 4.78 is 4.98. The molecule has 0 saturated heterocycles. The third kappa shape index (κ3) is 4.07. The van der Waals surface area contributed by atoms with Crippen molar-refractivity contribution in [1.29, 1.82) is 0 Å². The molecule has 0 spiro atoms. The minimum Gasteiger partial charge on any atom is -0.505 e. The number of carbonyl (C=O) groups is 1. The van der Waals surface area contributed by atoms with Crippen molar-refractivity contribution in [3.63, 3.8) is 0 Å². The molecule has 0 unspecified atom stereocenters. The van der Waals surface area contributed by atoms with Gasteiger partial charge in [-0.25, -0.2) is 4.79 Å². The molecule has 28 heavy (non-hydrogen) atoms. The fourth-order valence-corrected chi connectivity index (χ4v) is 2.72. The summed E-state index contributed by atoms with van der Waals surface area (Å²) in [4.78, 5) is 11.8. The number of benzene rings is 3. The molecule has 142 valence electrons. The van der Waals surface area contributed by atoms with E-state index in [1.807, 2.05) is 24.3 Å². The van der Waals surface area contributed by atoms with Crippen molar-refractivity contribution in [2.24, 2.45) is 16.0 Å². The highest BCUT2D eigenvalue weighted by molar-refractivity contribution is 6.04. The summed E-state index contributed by atoms with van der Waals surface area (Å²) in [5, 5.41) is 28.0. The number of ether oxygens (including phenoxy) is 1. The van der Waals surface area contributed by atoms with E-state index in [4.69, 9.17) is 15.9 Å². The molecular formula is C20H20N5O3+. The minimum absolute atomic E-state index is 0.0747. The first-order chi connectivity index (χ1) is 13.5. The fourth-order valence-electron chi connectivity index (χ4n) is 2.72. The first kappa shape index (κ1) is 18.8. The number of aromatic hydroxyl groups is 1. The maximum absolute atomic E-state index is 11.8. The number of nitrogens with one attached hydrogen (secondary N) is 1. The highest BCUT2D eigenvalue weighted by Crippen LogP contribution is 2.40. The summed E-state index contributed by atoms with van der Waals surface area (Å²) in [5.74, 6) is -0.649. The highest BCUT2D eigenvalue weighted by atomic mass is 16.5. The van der Waals surface area contributed by atoms with Crippen molar-refractivity contribution in [2.75, 3.05) is 11.9 Å². The summed E-state index contributed by atoms with van der Waals surface area (Å²) in [6, 6.07) is 15.8. The zero-order valence-corrected chi connectivity index (χ0v) is 15.2. The summed E-state index contributed by atoms with van der Waals surface area (Å²) in [5.41, 5.74) is 7.47. The maximum atomic E-state index is 11.8. The number of esters is 1. The molecule has 0 aromatic heterocycles. The van der Waals surface area contributed by atoms with Gasteiger partial charge in [0.05, 0.1) is 17.9 Å². The van der Waals surface area contributed by atoms with Gasteiger partial charge in [-0.1, -0.05) is 29.4 Å². The van der Waals surface area contributed by atoms with Crippen LogP contribution in [0.5, 0.6) is 5.75 Å². The van der Waals surface area contributed by atoms with Gasteiger partial charge < -0.3 is 15.2 Å². The lowest BCUT2D eigenvalue weighted by Crippen LogP contribution is -2.43. The number of nitrogens with zero attached hydrogens (tertiary/aromatic N) is 2. The molecule has 0 bridgehead atoms. The number of azo groups is 1. The molecule has 0 aliphatic heterocycles. The van der Waals surface area contributed by atoms with E-state index in [1.165, 1.54) is 0 Å². The predicted molar refractivity (Wildman–Crippen MR) is 107 cm³/mol. The van der Waals surface area contributed by atoms with E-state index >= 15 is 0 Å². The van der Waals surface area contributed by atoms with Gasteiger partial charge in [0.1, 0.15) is 5.75 Å². The summed E-state index contributed by atoms with van der Waals surface area (Å²) in [6.45, 7) is 2.08. The first-order valence-corrected chi connectivity index (χ1v) is 8.58. The van der Waals surface area contributed by atoms with E-state index in [2.05, 4.69) is 15.5 Å². The van der Waals surface area contributed by atoms with Crippen molar-refractivity contribution in [2.45, 2.75) is 6.92 Å². The smallest absolute Gasteiger partial charge is 0.403 e. The number of carbonyl (C=O) groups excluding carboxylic acids is 1. The number of anilines is 2. The third-order valence-corrected chi connectivity index (χ3v) is 3.94. The number of hydrogen-bond donors (Lipinski definition) is 4. The Morgan fingerprint density at radius 3 is 2.50 bits per heavy atom. The van der Waals surface area contributed by atoms with Crippen molar-refractivity contribution in [1.82, 2.24) is 0 Å². The van der Waals surface area contributed by atoms with Crippen LogP contribution in [0.2, 0.25) is 0 Å². The quantitative estimate of drug-likeness (QED) is 0.234. The second-order valence-electron chi connectivity index (χ2n) is 5.89. The molecule has 6 N–H and O–H groups in total. The Labute approximate surface area is 161 Å². The Morgan fingerprint density at radius 1 is 1.18 bits per heavy atom. The van der Waals surface area contributed by atoms with Crippen LogP contribution in [-0.2, 0) is 4.74 Å². The number of hydrogen-bond acceptors (Lipinski definition) is 5. The molecule has 0 fully saturated rings. The van der Waals surface area contributed by atoms with Crippen LogP contribution in [0.1, 0.15) is 17.3 Å². The van der Waals surface area contributed by atoms with Crippen LogP contribution in [-0.4, -0.2) is 23.6 Å². The summed E-state index contributed by atoms with van der Waals surface area (Å²) >= 11 is 0. The van der Waals surface area contributed by atoms with Gasteiger partial charge in [-0.15, -0.1) is 0 Å². The molecule has 8 nitrogen and oxygen atoms in total. The minimum atomic E-state index is -0.372. The summed E-state index contributed by atoms with van der Waals surface area (Å²) in [7, 11) is 0. The van der Waals surface area contributed by atoms with Gasteiger partial charge in [-0.2, -0.15) is 0 Å². The number of phenolic OH excluding ortho intramolecular Hbond substituents is 1. The lowest BCUT2D eigenvalue weighted by molar-refractivity contribution is -0.117. The Balaban J connectivity index is 1.97. The highest BCUT2D eigenvalue weighted by Gasteiger charge is 2.13. The molecule has 3 aromatic carbocycles. The molecule has 0 aliphatic carbocycles. The topological polar surface area (TPSA) is 135 Å². The normalized spacial score (nSPS) is 10.9. The van der Waals surface area contributed by atoms with Crippen LogP contribution in [0.15, 0.2) is 64.8 Å². The van der Waals surface area contributed by atoms with E-state index < -0.39 is 0 Å². The van der Waals surface area contributed by atoms with Crippen LogP contribution < -0.4 is 16.5 Å². The van der Waals surface area contributed by atoms with Gasteiger partial charge in [0.25, 0.3) is 0 Å². The number of fused-ring (bicyclic) bond motifs is 1. The predicted octanol–water partition coefficient (Wildman–Crippen LogP) is 2.62. The Hall–Kier alpha value is -3.94. The largest absolute Gasteiger partial charge is 0.505 e. The Kier molecular flexibility index (Phi) is 5.50. The van der Waals surface area contributed by atoms with Crippen LogP contribution in [0.3, 0.4) is 0 Å². The molecule has 0 saturated carbocycles. The van der Waals surface area contributed by atoms with Crippen molar-refractivity contribution < 1.29 is 20.0 Å². The van der Waals surface area contributed by atoms with E-state index in [9.17, 15) is 9.90 Å². The maximum Gasteiger partial charge on any atom is 0.403 e. The van der Waals surface area contributed by atoms with E-state index in [1.54, 1.807) is 37.3 Å².